The molecule has 1 atom stereocenters. The lowest BCUT2D eigenvalue weighted by Crippen LogP contribution is -2.45. The second-order valence-corrected chi connectivity index (χ2v) is 13.1. The minimum Gasteiger partial charge on any atom is -0.493 e. The summed E-state index contributed by atoms with van der Waals surface area (Å²) < 4.78 is 65.1. The van der Waals surface area contributed by atoms with Gasteiger partial charge in [0.2, 0.25) is 26.0 Å². The molecule has 0 bridgehead atoms. The van der Waals surface area contributed by atoms with Crippen LogP contribution in [0.1, 0.15) is 31.2 Å². The third-order valence-electron chi connectivity index (χ3n) is 6.84. The van der Waals surface area contributed by atoms with E-state index in [1.807, 2.05) is 0 Å². The van der Waals surface area contributed by atoms with Crippen LogP contribution >= 0.6 is 0 Å². The second kappa shape index (κ2) is 11.4. The largest absolute Gasteiger partial charge is 0.493 e. The Morgan fingerprint density at radius 1 is 0.838 bits per heavy atom. The van der Waals surface area contributed by atoms with E-state index in [-0.39, 0.29) is 28.8 Å². The average Bonchev–Trinajstić information content (AvgIpc) is 3.48. The van der Waals surface area contributed by atoms with Gasteiger partial charge in [0.15, 0.2) is 11.5 Å². The molecule has 4 rings (SSSR count). The standard InChI is InChI=1S/C25H33N3O7S2/c1-34-23-12-11-22(16-24(23)35-2)37(32,33)28-15-5-6-20(18-28)25(29)26-17-19-7-9-21(10-8-19)36(30,31)27-13-3-4-14-27/h7-12,16,20H,3-6,13-15,17-18H2,1-2H3,(H,26,29)/t20-/m1/s1. The van der Waals surface area contributed by atoms with Gasteiger partial charge in [-0.2, -0.15) is 8.61 Å². The number of hydrogen-bond donors (Lipinski definition) is 1. The van der Waals surface area contributed by atoms with Crippen LogP contribution in [0.5, 0.6) is 11.5 Å². The monoisotopic (exact) mass is 551 g/mol. The quantitative estimate of drug-likeness (QED) is 0.507. The third kappa shape index (κ3) is 5.92. The van der Waals surface area contributed by atoms with Crippen LogP contribution in [0.4, 0.5) is 0 Å². The summed E-state index contributed by atoms with van der Waals surface area (Å²) in [5, 5.41) is 2.87. The number of ether oxygens (including phenoxy) is 2. The second-order valence-electron chi connectivity index (χ2n) is 9.19. The first kappa shape index (κ1) is 27.4. The average molecular weight is 552 g/mol. The fourth-order valence-corrected chi connectivity index (χ4v) is 7.75. The number of nitrogens with one attached hydrogen (secondary N) is 1. The van der Waals surface area contributed by atoms with E-state index < -0.39 is 26.0 Å². The number of carbonyl (C=O) groups excluding carboxylic acids is 1. The van der Waals surface area contributed by atoms with Gasteiger partial charge in [0.1, 0.15) is 0 Å². The van der Waals surface area contributed by atoms with Crippen molar-refractivity contribution in [2.75, 3.05) is 40.4 Å². The fraction of sp³-hybridized carbons (Fsp3) is 0.480. The fourth-order valence-electron chi connectivity index (χ4n) is 4.69. The maximum Gasteiger partial charge on any atom is 0.243 e. The zero-order valence-electron chi connectivity index (χ0n) is 21.1. The van der Waals surface area contributed by atoms with Gasteiger partial charge in [-0.1, -0.05) is 12.1 Å². The number of methoxy groups -OCH3 is 2. The minimum atomic E-state index is -3.82. The first-order chi connectivity index (χ1) is 17.7. The lowest BCUT2D eigenvalue weighted by atomic mass is 9.99. The zero-order chi connectivity index (χ0) is 26.6. The predicted molar refractivity (Wildman–Crippen MR) is 137 cm³/mol. The Kier molecular flexibility index (Phi) is 8.42. The summed E-state index contributed by atoms with van der Waals surface area (Å²) in [5.74, 6) is 0.0209. The highest BCUT2D eigenvalue weighted by molar-refractivity contribution is 7.89. The Labute approximate surface area is 218 Å². The molecule has 2 aliphatic heterocycles. The van der Waals surface area contributed by atoms with E-state index in [9.17, 15) is 21.6 Å². The van der Waals surface area contributed by atoms with Crippen molar-refractivity contribution < 1.29 is 31.1 Å². The van der Waals surface area contributed by atoms with E-state index in [0.717, 1.165) is 18.4 Å². The molecule has 1 N–H and O–H groups in total. The van der Waals surface area contributed by atoms with Crippen LogP contribution in [-0.2, 0) is 31.4 Å². The van der Waals surface area contributed by atoms with Crippen LogP contribution in [0.15, 0.2) is 52.3 Å². The van der Waals surface area contributed by atoms with Crippen LogP contribution in [0.25, 0.3) is 0 Å². The van der Waals surface area contributed by atoms with Gasteiger partial charge in [-0.15, -0.1) is 0 Å². The van der Waals surface area contributed by atoms with Crippen molar-refractivity contribution in [2.45, 2.75) is 42.0 Å². The lowest BCUT2D eigenvalue weighted by molar-refractivity contribution is -0.126. The number of nitrogens with zero attached hydrogens (tertiary/aromatic N) is 2. The van der Waals surface area contributed by atoms with E-state index >= 15 is 0 Å². The molecule has 0 unspecified atom stereocenters. The van der Waals surface area contributed by atoms with Gasteiger partial charge in [0, 0.05) is 38.8 Å². The summed E-state index contributed by atoms with van der Waals surface area (Å²) in [6, 6.07) is 10.9. The van der Waals surface area contributed by atoms with Gasteiger partial charge in [-0.3, -0.25) is 4.79 Å². The molecule has 1 amide bonds. The number of hydrogen-bond acceptors (Lipinski definition) is 7. The Morgan fingerprint density at radius 3 is 2.08 bits per heavy atom. The van der Waals surface area contributed by atoms with Crippen LogP contribution in [-0.4, -0.2) is 71.8 Å². The predicted octanol–water partition coefficient (Wildman–Crippen LogP) is 2.21. The lowest BCUT2D eigenvalue weighted by Gasteiger charge is -2.31. The third-order valence-corrected chi connectivity index (χ3v) is 10.6. The maximum absolute atomic E-state index is 13.3. The topological polar surface area (TPSA) is 122 Å². The highest BCUT2D eigenvalue weighted by Crippen LogP contribution is 2.32. The first-order valence-electron chi connectivity index (χ1n) is 12.3. The smallest absolute Gasteiger partial charge is 0.243 e. The molecule has 2 fully saturated rings. The summed E-state index contributed by atoms with van der Waals surface area (Å²) in [5.41, 5.74) is 0.763. The number of rotatable bonds is 9. The van der Waals surface area contributed by atoms with Gasteiger partial charge in [0.25, 0.3) is 0 Å². The Balaban J connectivity index is 1.37. The summed E-state index contributed by atoms with van der Waals surface area (Å²) >= 11 is 0. The summed E-state index contributed by atoms with van der Waals surface area (Å²) in [7, 11) is -4.39. The van der Waals surface area contributed by atoms with Crippen molar-refractivity contribution in [1.29, 1.82) is 0 Å². The molecule has 0 spiro atoms. The molecule has 2 aromatic carbocycles. The van der Waals surface area contributed by atoms with E-state index in [1.54, 1.807) is 30.3 Å². The van der Waals surface area contributed by atoms with Crippen LogP contribution in [0, 0.1) is 5.92 Å². The molecule has 2 aromatic rings. The molecule has 0 radical (unpaired) electrons. The Bertz CT molecular complexity index is 1320. The molecule has 202 valence electrons. The molecular weight excluding hydrogens is 518 g/mol. The highest BCUT2D eigenvalue weighted by atomic mass is 32.2. The Morgan fingerprint density at radius 2 is 1.43 bits per heavy atom. The number of piperidine rings is 1. The van der Waals surface area contributed by atoms with Gasteiger partial charge in [0.05, 0.1) is 29.9 Å². The SMILES string of the molecule is COc1ccc(S(=O)(=O)N2CCC[C@@H](C(=O)NCc3ccc(S(=O)(=O)N4CCCC4)cc3)C2)cc1OC. The molecule has 2 saturated heterocycles. The van der Waals surface area contributed by atoms with Crippen molar-refractivity contribution in [3.05, 3.63) is 48.0 Å². The summed E-state index contributed by atoms with van der Waals surface area (Å²) in [6.07, 6.45) is 2.89. The van der Waals surface area contributed by atoms with Crippen molar-refractivity contribution in [3.63, 3.8) is 0 Å². The zero-order valence-corrected chi connectivity index (χ0v) is 22.7. The molecule has 0 aromatic heterocycles. The normalized spacial score (nSPS) is 19.5. The first-order valence-corrected chi connectivity index (χ1v) is 15.1. The van der Waals surface area contributed by atoms with Gasteiger partial charge in [-0.25, -0.2) is 16.8 Å². The Hall–Kier alpha value is -2.67. The van der Waals surface area contributed by atoms with Crippen LogP contribution in [0.2, 0.25) is 0 Å². The molecule has 2 heterocycles. The van der Waals surface area contributed by atoms with Gasteiger partial charge < -0.3 is 14.8 Å². The maximum atomic E-state index is 13.3. The highest BCUT2D eigenvalue weighted by Gasteiger charge is 2.34. The number of sulfonamides is 2. The van der Waals surface area contributed by atoms with Crippen molar-refractivity contribution >= 4 is 26.0 Å². The van der Waals surface area contributed by atoms with Crippen molar-refractivity contribution in [1.82, 2.24) is 13.9 Å². The molecule has 12 heteroatoms. The molecule has 0 saturated carbocycles. The van der Waals surface area contributed by atoms with E-state index in [4.69, 9.17) is 9.47 Å². The van der Waals surface area contributed by atoms with E-state index in [1.165, 1.54) is 35.0 Å². The summed E-state index contributed by atoms with van der Waals surface area (Å²) in [6.45, 7) is 1.71. The number of carbonyl (C=O) groups is 1. The van der Waals surface area contributed by atoms with Crippen LogP contribution in [0.3, 0.4) is 0 Å². The van der Waals surface area contributed by atoms with Crippen molar-refractivity contribution in [2.24, 2.45) is 5.92 Å². The van der Waals surface area contributed by atoms with Crippen LogP contribution < -0.4 is 14.8 Å². The molecule has 37 heavy (non-hydrogen) atoms. The molecule has 0 aliphatic carbocycles. The van der Waals surface area contributed by atoms with E-state index in [2.05, 4.69) is 5.32 Å². The summed E-state index contributed by atoms with van der Waals surface area (Å²) in [4.78, 5) is 13.2. The van der Waals surface area contributed by atoms with Crippen molar-refractivity contribution in [3.8, 4) is 11.5 Å². The molecule has 10 nitrogen and oxygen atoms in total. The number of benzene rings is 2. The minimum absolute atomic E-state index is 0.0789. The van der Waals surface area contributed by atoms with Gasteiger partial charge >= 0.3 is 0 Å². The molecular formula is C25H33N3O7S2. The van der Waals surface area contributed by atoms with E-state index in [0.29, 0.717) is 44.0 Å². The number of amides is 1. The molecule has 2 aliphatic rings. The van der Waals surface area contributed by atoms with Gasteiger partial charge in [-0.05, 0) is 55.5 Å².